The van der Waals surface area contributed by atoms with Crippen molar-refractivity contribution in [2.24, 2.45) is 0 Å². The Kier molecular flexibility index (Phi) is 8.47. The third kappa shape index (κ3) is 5.67. The number of para-hydroxylation sites is 2. The van der Waals surface area contributed by atoms with Gasteiger partial charge in [0.25, 0.3) is 0 Å². The standard InChI is InChI=1S/C63H41NO/c1-3-17-42(18-4-1)43-35-39-48(40-36-43)64(59-41-45-19-7-8-22-49(45)51-23-9-10-24-52(51)59)58-31-16-30-57-61(58)55-26-11-13-29-56(55)63(57,46-20-5-2-6-21-46)47-37-33-44(34-38-47)50-27-15-28-54-53-25-12-14-32-60(53)65-62(50)54/h1-41H. The van der Waals surface area contributed by atoms with Gasteiger partial charge in [-0.3, -0.25) is 0 Å². The van der Waals surface area contributed by atoms with E-state index in [9.17, 15) is 0 Å². The van der Waals surface area contributed by atoms with E-state index >= 15 is 0 Å². The normalized spacial score (nSPS) is 14.2. The van der Waals surface area contributed by atoms with Crippen LogP contribution in [0, 0.1) is 0 Å². The minimum Gasteiger partial charge on any atom is -0.455 e. The molecule has 65 heavy (non-hydrogen) atoms. The van der Waals surface area contributed by atoms with E-state index in [1.165, 1.54) is 66.1 Å². The highest BCUT2D eigenvalue weighted by atomic mass is 16.3. The molecule has 0 aliphatic heterocycles. The van der Waals surface area contributed by atoms with Gasteiger partial charge in [-0.2, -0.15) is 0 Å². The fourth-order valence-corrected chi connectivity index (χ4v) is 10.9. The largest absolute Gasteiger partial charge is 0.455 e. The van der Waals surface area contributed by atoms with Crippen LogP contribution in [0.5, 0.6) is 0 Å². The summed E-state index contributed by atoms with van der Waals surface area (Å²) in [5, 5.41) is 7.16. The second kappa shape index (κ2) is 14.8. The Morgan fingerprint density at radius 3 is 1.72 bits per heavy atom. The van der Waals surface area contributed by atoms with E-state index in [1.54, 1.807) is 0 Å². The van der Waals surface area contributed by atoms with Gasteiger partial charge in [0.15, 0.2) is 0 Å². The SMILES string of the molecule is c1ccc(-c2ccc(N(c3cccc4c3-c3ccccc3C4(c3ccccc3)c3ccc(-c4cccc5c4oc4ccccc45)cc3)c3cc4ccccc4c4ccccc34)cc2)cc1. The molecule has 1 aliphatic carbocycles. The Labute approximate surface area is 377 Å². The monoisotopic (exact) mass is 827 g/mol. The highest BCUT2D eigenvalue weighted by Crippen LogP contribution is 2.60. The van der Waals surface area contributed by atoms with Crippen LogP contribution in [0.1, 0.15) is 22.3 Å². The molecule has 0 amide bonds. The first-order valence-corrected chi connectivity index (χ1v) is 22.4. The highest BCUT2D eigenvalue weighted by molar-refractivity contribution is 6.15. The van der Waals surface area contributed by atoms with Crippen LogP contribution in [-0.2, 0) is 5.41 Å². The molecule has 12 aromatic rings. The molecule has 1 unspecified atom stereocenters. The third-order valence-electron chi connectivity index (χ3n) is 13.7. The van der Waals surface area contributed by atoms with Crippen molar-refractivity contribution in [2.75, 3.05) is 4.90 Å². The molecule has 304 valence electrons. The zero-order chi connectivity index (χ0) is 42.9. The Balaban J connectivity index is 1.06. The second-order valence-electron chi connectivity index (χ2n) is 17.1. The topological polar surface area (TPSA) is 16.4 Å². The minimum atomic E-state index is -0.610. The fourth-order valence-electron chi connectivity index (χ4n) is 10.9. The minimum absolute atomic E-state index is 0.610. The molecule has 2 nitrogen and oxygen atoms in total. The zero-order valence-corrected chi connectivity index (χ0v) is 35.5. The number of anilines is 3. The summed E-state index contributed by atoms with van der Waals surface area (Å²) in [7, 11) is 0. The highest BCUT2D eigenvalue weighted by Gasteiger charge is 2.47. The van der Waals surface area contributed by atoms with Gasteiger partial charge in [-0.05, 0) is 91.0 Å². The molecule has 1 heterocycles. The Hall–Kier alpha value is -8.46. The van der Waals surface area contributed by atoms with Crippen molar-refractivity contribution >= 4 is 60.5 Å². The zero-order valence-electron chi connectivity index (χ0n) is 35.5. The lowest BCUT2D eigenvalue weighted by molar-refractivity contribution is 0.670. The Morgan fingerprint density at radius 2 is 0.908 bits per heavy atom. The number of rotatable bonds is 7. The molecular weight excluding hydrogens is 787 g/mol. The predicted molar refractivity (Wildman–Crippen MR) is 272 cm³/mol. The Morgan fingerprint density at radius 1 is 0.338 bits per heavy atom. The van der Waals surface area contributed by atoms with Crippen LogP contribution in [0.4, 0.5) is 17.1 Å². The van der Waals surface area contributed by atoms with Crippen molar-refractivity contribution in [1.82, 2.24) is 0 Å². The van der Waals surface area contributed by atoms with Gasteiger partial charge < -0.3 is 9.32 Å². The molecule has 0 saturated carbocycles. The van der Waals surface area contributed by atoms with Crippen molar-refractivity contribution in [2.45, 2.75) is 5.41 Å². The number of hydrogen-bond acceptors (Lipinski definition) is 2. The van der Waals surface area contributed by atoms with E-state index in [2.05, 4.69) is 248 Å². The summed E-state index contributed by atoms with van der Waals surface area (Å²) < 4.78 is 6.53. The van der Waals surface area contributed by atoms with Crippen molar-refractivity contribution in [3.05, 3.63) is 271 Å². The lowest BCUT2D eigenvalue weighted by Crippen LogP contribution is -2.28. The molecule has 2 heteroatoms. The number of furan rings is 1. The lowest BCUT2D eigenvalue weighted by atomic mass is 9.67. The first kappa shape index (κ1) is 37.1. The van der Waals surface area contributed by atoms with Crippen LogP contribution in [0.25, 0.3) is 76.9 Å². The van der Waals surface area contributed by atoms with Crippen LogP contribution in [0.3, 0.4) is 0 Å². The van der Waals surface area contributed by atoms with Gasteiger partial charge in [-0.25, -0.2) is 0 Å². The first-order chi connectivity index (χ1) is 32.3. The summed E-state index contributed by atoms with van der Waals surface area (Å²) in [6, 6.07) is 91.0. The smallest absolute Gasteiger partial charge is 0.143 e. The molecule has 13 rings (SSSR count). The van der Waals surface area contributed by atoms with Crippen molar-refractivity contribution in [1.29, 1.82) is 0 Å². The van der Waals surface area contributed by atoms with Crippen LogP contribution < -0.4 is 4.90 Å². The second-order valence-corrected chi connectivity index (χ2v) is 17.1. The van der Waals surface area contributed by atoms with E-state index in [0.717, 1.165) is 50.1 Å². The van der Waals surface area contributed by atoms with Crippen molar-refractivity contribution in [3.8, 4) is 33.4 Å². The average molecular weight is 828 g/mol. The van der Waals surface area contributed by atoms with Gasteiger partial charge in [0.1, 0.15) is 11.2 Å². The first-order valence-electron chi connectivity index (χ1n) is 22.4. The van der Waals surface area contributed by atoms with Gasteiger partial charge in [0.05, 0.1) is 16.8 Å². The summed E-state index contributed by atoms with van der Waals surface area (Å²) in [4.78, 5) is 2.51. The van der Waals surface area contributed by atoms with E-state index in [-0.39, 0.29) is 0 Å². The average Bonchev–Trinajstić information content (AvgIpc) is 3.92. The summed E-state index contributed by atoms with van der Waals surface area (Å²) >= 11 is 0. The lowest BCUT2D eigenvalue weighted by Gasteiger charge is -2.35. The van der Waals surface area contributed by atoms with Crippen LogP contribution in [0.15, 0.2) is 253 Å². The van der Waals surface area contributed by atoms with Gasteiger partial charge in [-0.15, -0.1) is 0 Å². The van der Waals surface area contributed by atoms with E-state index in [4.69, 9.17) is 4.42 Å². The molecule has 0 spiro atoms. The summed E-state index contributed by atoms with van der Waals surface area (Å²) in [5.41, 5.74) is 16.6. The van der Waals surface area contributed by atoms with Crippen LogP contribution in [0.2, 0.25) is 0 Å². The number of nitrogens with zero attached hydrogens (tertiary/aromatic N) is 1. The molecule has 1 atom stereocenters. The maximum atomic E-state index is 6.53. The number of fused-ring (bicyclic) bond motifs is 9. The molecule has 0 N–H and O–H groups in total. The molecule has 0 radical (unpaired) electrons. The van der Waals surface area contributed by atoms with Gasteiger partial charge >= 0.3 is 0 Å². The predicted octanol–water partition coefficient (Wildman–Crippen LogP) is 17.1. The number of benzene rings is 11. The Bertz CT molecular complexity index is 3760. The molecule has 0 bridgehead atoms. The molecule has 0 saturated heterocycles. The summed E-state index contributed by atoms with van der Waals surface area (Å²) in [6.07, 6.45) is 0. The molecular formula is C63H41NO. The van der Waals surface area contributed by atoms with Crippen molar-refractivity contribution < 1.29 is 4.42 Å². The van der Waals surface area contributed by atoms with Crippen LogP contribution >= 0.6 is 0 Å². The van der Waals surface area contributed by atoms with Gasteiger partial charge in [-0.1, -0.05) is 218 Å². The van der Waals surface area contributed by atoms with Crippen LogP contribution in [-0.4, -0.2) is 0 Å². The number of hydrogen-bond donors (Lipinski definition) is 0. The maximum absolute atomic E-state index is 6.53. The molecule has 1 aromatic heterocycles. The molecule has 0 fully saturated rings. The molecule has 1 aliphatic rings. The fraction of sp³-hybridized carbons (Fsp3) is 0.0159. The van der Waals surface area contributed by atoms with E-state index in [1.807, 2.05) is 6.07 Å². The quantitative estimate of drug-likeness (QED) is 0.149. The molecule has 11 aromatic carbocycles. The van der Waals surface area contributed by atoms with Gasteiger partial charge in [0.2, 0.25) is 0 Å². The summed E-state index contributed by atoms with van der Waals surface area (Å²) in [5.74, 6) is 0. The van der Waals surface area contributed by atoms with E-state index < -0.39 is 5.41 Å². The summed E-state index contributed by atoms with van der Waals surface area (Å²) in [6.45, 7) is 0. The van der Waals surface area contributed by atoms with E-state index in [0.29, 0.717) is 0 Å². The maximum Gasteiger partial charge on any atom is 0.143 e. The third-order valence-corrected chi connectivity index (χ3v) is 13.7. The van der Waals surface area contributed by atoms with Crippen molar-refractivity contribution in [3.63, 3.8) is 0 Å². The van der Waals surface area contributed by atoms with Gasteiger partial charge in [0, 0.05) is 33.0 Å².